The van der Waals surface area contributed by atoms with Crippen molar-refractivity contribution in [2.24, 2.45) is 0 Å². The number of hydrogen-bond donors (Lipinski definition) is 1. The second kappa shape index (κ2) is 6.01. The Labute approximate surface area is 107 Å². The molecule has 0 saturated heterocycles. The van der Waals surface area contributed by atoms with E-state index in [1.807, 2.05) is 18.7 Å². The second-order valence-electron chi connectivity index (χ2n) is 4.07. The van der Waals surface area contributed by atoms with Crippen molar-refractivity contribution in [3.05, 3.63) is 22.9 Å². The predicted octanol–water partition coefficient (Wildman–Crippen LogP) is 2.14. The molecule has 1 heterocycles. The molecule has 1 N–H and O–H groups in total. The van der Waals surface area contributed by atoms with Gasteiger partial charge >= 0.3 is 5.97 Å². The molecule has 0 aliphatic heterocycles. The second-order valence-corrected chi connectivity index (χ2v) is 4.07. The highest BCUT2D eigenvalue weighted by atomic mass is 16.4. The molecule has 5 nitrogen and oxygen atoms in total. The van der Waals surface area contributed by atoms with Crippen LogP contribution in [0.2, 0.25) is 0 Å². The van der Waals surface area contributed by atoms with Crippen LogP contribution in [-0.2, 0) is 0 Å². The summed E-state index contributed by atoms with van der Waals surface area (Å²) in [6, 6.07) is 3.82. The van der Waals surface area contributed by atoms with E-state index in [-0.39, 0.29) is 5.56 Å². The van der Waals surface area contributed by atoms with E-state index in [0.717, 1.165) is 5.69 Å². The van der Waals surface area contributed by atoms with Gasteiger partial charge in [-0.2, -0.15) is 5.26 Å². The predicted molar refractivity (Wildman–Crippen MR) is 68.8 cm³/mol. The summed E-state index contributed by atoms with van der Waals surface area (Å²) in [5, 5.41) is 17.9. The van der Waals surface area contributed by atoms with Gasteiger partial charge in [0.25, 0.3) is 0 Å². The van der Waals surface area contributed by atoms with Gasteiger partial charge in [0.05, 0.1) is 12.5 Å². The maximum atomic E-state index is 11.3. The number of aromatic carboxylic acids is 1. The van der Waals surface area contributed by atoms with Crippen molar-refractivity contribution in [1.29, 1.82) is 5.26 Å². The number of carboxylic acid groups (broad SMARTS) is 1. The number of aromatic nitrogens is 1. The summed E-state index contributed by atoms with van der Waals surface area (Å²) < 4.78 is 0. The van der Waals surface area contributed by atoms with Crippen LogP contribution in [0.4, 0.5) is 5.82 Å². The van der Waals surface area contributed by atoms with Gasteiger partial charge in [-0.25, -0.2) is 9.78 Å². The summed E-state index contributed by atoms with van der Waals surface area (Å²) >= 11 is 0. The number of pyridine rings is 1. The molecule has 18 heavy (non-hydrogen) atoms. The molecular weight excluding hydrogens is 230 g/mol. The maximum absolute atomic E-state index is 11.3. The zero-order valence-corrected chi connectivity index (χ0v) is 10.9. The molecule has 0 spiro atoms. The van der Waals surface area contributed by atoms with E-state index in [9.17, 15) is 9.90 Å². The van der Waals surface area contributed by atoms with Gasteiger partial charge in [0.1, 0.15) is 11.4 Å². The summed E-state index contributed by atoms with van der Waals surface area (Å²) in [7, 11) is 0. The zero-order chi connectivity index (χ0) is 13.7. The van der Waals surface area contributed by atoms with Gasteiger partial charge in [0, 0.05) is 18.8 Å². The zero-order valence-electron chi connectivity index (χ0n) is 10.9. The number of carboxylic acids is 1. The highest BCUT2D eigenvalue weighted by Crippen LogP contribution is 2.22. The van der Waals surface area contributed by atoms with Crippen molar-refractivity contribution in [3.8, 4) is 6.07 Å². The molecule has 0 aliphatic rings. The Morgan fingerprint density at radius 1 is 1.56 bits per heavy atom. The molecule has 0 radical (unpaired) electrons. The first-order chi connectivity index (χ1) is 8.51. The number of carbonyl (C=O) groups is 1. The van der Waals surface area contributed by atoms with Crippen molar-refractivity contribution in [1.82, 2.24) is 4.98 Å². The molecule has 5 heteroatoms. The third kappa shape index (κ3) is 2.98. The van der Waals surface area contributed by atoms with Gasteiger partial charge in [-0.15, -0.1) is 0 Å². The number of hydrogen-bond acceptors (Lipinski definition) is 4. The highest BCUT2D eigenvalue weighted by molar-refractivity contribution is 5.95. The quantitative estimate of drug-likeness (QED) is 0.862. The van der Waals surface area contributed by atoms with Gasteiger partial charge in [-0.1, -0.05) is 0 Å². The Hall–Kier alpha value is -2.09. The first kappa shape index (κ1) is 14.0. The Morgan fingerprint density at radius 2 is 2.22 bits per heavy atom. The Balaban J connectivity index is 3.27. The van der Waals surface area contributed by atoms with Gasteiger partial charge in [0.15, 0.2) is 0 Å². The first-order valence-electron chi connectivity index (χ1n) is 5.84. The van der Waals surface area contributed by atoms with Crippen LogP contribution in [0, 0.1) is 25.2 Å². The minimum Gasteiger partial charge on any atom is -0.478 e. The van der Waals surface area contributed by atoms with Crippen LogP contribution in [0.25, 0.3) is 0 Å². The van der Waals surface area contributed by atoms with Crippen LogP contribution >= 0.6 is 0 Å². The Morgan fingerprint density at radius 3 is 2.72 bits per heavy atom. The number of rotatable bonds is 5. The number of nitrogens with zero attached hydrogens (tertiary/aromatic N) is 3. The van der Waals surface area contributed by atoms with Crippen molar-refractivity contribution < 1.29 is 9.90 Å². The van der Waals surface area contributed by atoms with Crippen LogP contribution in [0.15, 0.2) is 6.07 Å². The summed E-state index contributed by atoms with van der Waals surface area (Å²) in [5.74, 6) is -0.525. The van der Waals surface area contributed by atoms with Gasteiger partial charge < -0.3 is 10.0 Å². The van der Waals surface area contributed by atoms with E-state index in [1.54, 1.807) is 13.0 Å². The molecule has 0 amide bonds. The number of aryl methyl sites for hydroxylation is 2. The minimum absolute atomic E-state index is 0.223. The summed E-state index contributed by atoms with van der Waals surface area (Å²) in [6.45, 7) is 6.63. The third-order valence-corrected chi connectivity index (χ3v) is 2.71. The van der Waals surface area contributed by atoms with Crippen molar-refractivity contribution in [2.75, 3.05) is 18.0 Å². The fourth-order valence-electron chi connectivity index (χ4n) is 1.91. The van der Waals surface area contributed by atoms with E-state index in [2.05, 4.69) is 11.1 Å². The third-order valence-electron chi connectivity index (χ3n) is 2.71. The van der Waals surface area contributed by atoms with Gasteiger partial charge in [-0.05, 0) is 32.4 Å². The number of anilines is 1. The molecule has 1 aromatic rings. The van der Waals surface area contributed by atoms with Crippen LogP contribution in [-0.4, -0.2) is 29.1 Å². The first-order valence-corrected chi connectivity index (χ1v) is 5.84. The van der Waals surface area contributed by atoms with Crippen LogP contribution < -0.4 is 4.90 Å². The lowest BCUT2D eigenvalue weighted by molar-refractivity contribution is 0.0696. The fourth-order valence-corrected chi connectivity index (χ4v) is 1.91. The Kier molecular flexibility index (Phi) is 4.67. The summed E-state index contributed by atoms with van der Waals surface area (Å²) in [6.07, 6.45) is 0.349. The largest absolute Gasteiger partial charge is 0.478 e. The summed E-state index contributed by atoms with van der Waals surface area (Å²) in [5.41, 5.74) is 1.70. The lowest BCUT2D eigenvalue weighted by Gasteiger charge is -2.23. The highest BCUT2D eigenvalue weighted by Gasteiger charge is 2.19. The minimum atomic E-state index is -0.981. The van der Waals surface area contributed by atoms with Crippen LogP contribution in [0.1, 0.15) is 35.0 Å². The molecule has 0 aromatic carbocycles. The van der Waals surface area contributed by atoms with E-state index in [4.69, 9.17) is 5.26 Å². The van der Waals surface area contributed by atoms with Crippen molar-refractivity contribution >= 4 is 11.8 Å². The molecule has 0 atom stereocenters. The molecule has 0 saturated carbocycles. The van der Waals surface area contributed by atoms with Crippen molar-refractivity contribution in [3.63, 3.8) is 0 Å². The van der Waals surface area contributed by atoms with E-state index >= 15 is 0 Å². The van der Waals surface area contributed by atoms with Crippen molar-refractivity contribution in [2.45, 2.75) is 27.2 Å². The monoisotopic (exact) mass is 247 g/mol. The lowest BCUT2D eigenvalue weighted by atomic mass is 10.1. The van der Waals surface area contributed by atoms with E-state index < -0.39 is 5.97 Å². The van der Waals surface area contributed by atoms with Gasteiger partial charge in [0.2, 0.25) is 0 Å². The molecule has 1 aromatic heterocycles. The average molecular weight is 247 g/mol. The standard InChI is InChI=1S/C13H17N3O2/c1-4-16(7-5-6-14)12-11(13(17)18)9(2)8-10(3)15-12/h8H,4-5,7H2,1-3H3,(H,17,18). The number of nitriles is 1. The SMILES string of the molecule is CCN(CCC#N)c1nc(C)cc(C)c1C(=O)O. The van der Waals surface area contributed by atoms with E-state index in [1.165, 1.54) is 0 Å². The van der Waals surface area contributed by atoms with Crippen LogP contribution in [0.3, 0.4) is 0 Å². The molecule has 96 valence electrons. The molecular formula is C13H17N3O2. The van der Waals surface area contributed by atoms with Crippen LogP contribution in [0.5, 0.6) is 0 Å². The summed E-state index contributed by atoms with van der Waals surface area (Å²) in [4.78, 5) is 17.5. The van der Waals surface area contributed by atoms with Gasteiger partial charge in [-0.3, -0.25) is 0 Å². The maximum Gasteiger partial charge on any atom is 0.339 e. The fraction of sp³-hybridized carbons (Fsp3) is 0.462. The molecule has 1 rings (SSSR count). The van der Waals surface area contributed by atoms with E-state index in [0.29, 0.717) is 30.9 Å². The normalized spacial score (nSPS) is 9.89. The molecule has 0 aliphatic carbocycles. The lowest BCUT2D eigenvalue weighted by Crippen LogP contribution is -2.27. The topological polar surface area (TPSA) is 77.2 Å². The molecule has 0 fully saturated rings. The molecule has 0 unspecified atom stereocenters. The Bertz CT molecular complexity index is 492. The average Bonchev–Trinajstić information content (AvgIpc) is 2.28. The molecule has 0 bridgehead atoms. The smallest absolute Gasteiger partial charge is 0.339 e.